The van der Waals surface area contributed by atoms with Crippen molar-refractivity contribution in [2.24, 2.45) is 5.73 Å². The number of aromatic nitrogens is 1. The lowest BCUT2D eigenvalue weighted by molar-refractivity contribution is -0.146. The van der Waals surface area contributed by atoms with Gasteiger partial charge in [0.1, 0.15) is 10.7 Å². The van der Waals surface area contributed by atoms with Gasteiger partial charge in [0.05, 0.1) is 18.2 Å². The molecule has 3 heterocycles. The number of nitrogens with two attached hydrogens (primary N) is 1. The fourth-order valence-corrected chi connectivity index (χ4v) is 4.25. The molecule has 0 radical (unpaired) electrons. The average molecular weight is 340 g/mol. The first-order valence-corrected chi connectivity index (χ1v) is 8.08. The van der Waals surface area contributed by atoms with Crippen molar-refractivity contribution in [2.75, 3.05) is 0 Å². The molecule has 2 aliphatic rings. The average Bonchev–Trinajstić information content (AvgIpc) is 2.89. The van der Waals surface area contributed by atoms with Gasteiger partial charge in [-0.3, -0.25) is 20.2 Å². The van der Waals surface area contributed by atoms with Gasteiger partial charge in [0, 0.05) is 11.6 Å². The molecule has 0 aromatic carbocycles. The highest BCUT2D eigenvalue weighted by molar-refractivity contribution is 8.01. The number of hydrogen-bond acceptors (Lipinski definition) is 7. The second-order valence-electron chi connectivity index (χ2n) is 4.82. The van der Waals surface area contributed by atoms with E-state index in [1.165, 1.54) is 22.3 Å². The largest absolute Gasteiger partial charge is 0.477 e. The number of fused-ring (bicyclic) bond motifs is 1. The molecule has 2 amide bonds. The molecule has 2 atom stereocenters. The predicted octanol–water partition coefficient (Wildman–Crippen LogP) is -0.312. The maximum absolute atomic E-state index is 12.0. The topological polar surface area (TPSA) is 126 Å². The summed E-state index contributed by atoms with van der Waals surface area (Å²) in [6, 6.07) is 0. The number of hydrogen-bond donors (Lipinski definition) is 3. The van der Waals surface area contributed by atoms with Crippen LogP contribution in [-0.4, -0.2) is 43.1 Å². The summed E-state index contributed by atoms with van der Waals surface area (Å²) in [5, 5.41) is 13.8. The molecule has 1 fully saturated rings. The third-order valence-electron chi connectivity index (χ3n) is 3.20. The number of β-lactam (4-membered cyclic amide) rings is 1. The lowest BCUT2D eigenvalue weighted by Gasteiger charge is -2.47. The van der Waals surface area contributed by atoms with Crippen LogP contribution in [0.5, 0.6) is 0 Å². The Labute approximate surface area is 133 Å². The Hall–Kier alpha value is -1.91. The van der Waals surface area contributed by atoms with Gasteiger partial charge in [-0.15, -0.1) is 11.3 Å². The van der Waals surface area contributed by atoms with Crippen LogP contribution in [-0.2, 0) is 20.8 Å². The second-order valence-corrected chi connectivity index (χ2v) is 7.25. The first-order chi connectivity index (χ1) is 10.4. The van der Waals surface area contributed by atoms with Crippen LogP contribution < -0.4 is 11.1 Å². The van der Waals surface area contributed by atoms with Gasteiger partial charge in [0.25, 0.3) is 0 Å². The Bertz CT molecular complexity index is 675. The van der Waals surface area contributed by atoms with Gasteiger partial charge >= 0.3 is 5.97 Å². The van der Waals surface area contributed by atoms with E-state index in [1.807, 2.05) is 0 Å². The highest BCUT2D eigenvalue weighted by Crippen LogP contribution is 2.42. The smallest absolute Gasteiger partial charge is 0.352 e. The molecule has 2 aliphatic heterocycles. The SMILES string of the molecule is NC1(NC(=O)Cc2nccs2)C=C(C(=O)O)N2C(=O)C[C@H]2S1. The molecule has 8 nitrogen and oxygen atoms in total. The van der Waals surface area contributed by atoms with E-state index in [4.69, 9.17) is 5.73 Å². The van der Waals surface area contributed by atoms with E-state index in [0.717, 1.165) is 11.8 Å². The first kappa shape index (κ1) is 15.0. The minimum absolute atomic E-state index is 0.0702. The number of carbonyl (C=O) groups is 3. The molecule has 0 bridgehead atoms. The number of carboxylic acid groups (broad SMARTS) is 1. The van der Waals surface area contributed by atoms with Gasteiger partial charge < -0.3 is 10.4 Å². The van der Waals surface area contributed by atoms with Gasteiger partial charge in [-0.25, -0.2) is 9.78 Å². The maximum atomic E-state index is 12.0. The zero-order chi connectivity index (χ0) is 15.9. The van der Waals surface area contributed by atoms with Crippen molar-refractivity contribution < 1.29 is 19.5 Å². The standard InChI is InChI=1S/C12H12N4O4S2/c13-12(15-7(17)3-8-14-1-2-21-8)5-6(11(19)20)16-9(18)4-10(16)22-12/h1-2,5,10H,3-4,13H2,(H,15,17)(H,19,20)/t10-,12?/m1/s1. The Kier molecular flexibility index (Phi) is 3.67. The molecule has 0 aliphatic carbocycles. The summed E-state index contributed by atoms with van der Waals surface area (Å²) in [7, 11) is 0. The molecule has 10 heteroatoms. The Balaban J connectivity index is 1.77. The van der Waals surface area contributed by atoms with Crippen LogP contribution in [0.2, 0.25) is 0 Å². The summed E-state index contributed by atoms with van der Waals surface area (Å²) in [5.41, 5.74) is 5.89. The number of nitrogens with zero attached hydrogens (tertiary/aromatic N) is 2. The van der Waals surface area contributed by atoms with Crippen molar-refractivity contribution in [3.63, 3.8) is 0 Å². The second kappa shape index (κ2) is 5.38. The van der Waals surface area contributed by atoms with E-state index in [9.17, 15) is 19.5 Å². The van der Waals surface area contributed by atoms with E-state index >= 15 is 0 Å². The van der Waals surface area contributed by atoms with Crippen LogP contribution in [0.25, 0.3) is 0 Å². The third-order valence-corrected chi connectivity index (χ3v) is 5.24. The molecule has 0 spiro atoms. The van der Waals surface area contributed by atoms with Crippen molar-refractivity contribution >= 4 is 40.9 Å². The van der Waals surface area contributed by atoms with Gasteiger partial charge in [-0.05, 0) is 6.08 Å². The zero-order valence-corrected chi connectivity index (χ0v) is 12.8. The number of carbonyl (C=O) groups excluding carboxylic acids is 2. The number of thiazole rings is 1. The minimum Gasteiger partial charge on any atom is -0.477 e. The molecular formula is C12H12N4O4S2. The minimum atomic E-state index is -1.36. The molecule has 4 N–H and O–H groups in total. The molecule has 3 rings (SSSR count). The Morgan fingerprint density at radius 3 is 2.95 bits per heavy atom. The number of amides is 2. The fraction of sp³-hybridized carbons (Fsp3) is 0.333. The maximum Gasteiger partial charge on any atom is 0.352 e. The summed E-state index contributed by atoms with van der Waals surface area (Å²) in [5.74, 6) is -1.87. The lowest BCUT2D eigenvalue weighted by Crippen LogP contribution is -2.63. The van der Waals surface area contributed by atoms with Crippen LogP contribution >= 0.6 is 23.1 Å². The summed E-state index contributed by atoms with van der Waals surface area (Å²) in [6.07, 6.45) is 3.08. The summed E-state index contributed by atoms with van der Waals surface area (Å²) >= 11 is 2.49. The van der Waals surface area contributed by atoms with Gasteiger partial charge in [-0.1, -0.05) is 11.8 Å². The van der Waals surface area contributed by atoms with Crippen molar-refractivity contribution in [3.8, 4) is 0 Å². The third kappa shape index (κ3) is 2.72. The normalized spacial score (nSPS) is 26.8. The van der Waals surface area contributed by atoms with Crippen molar-refractivity contribution in [3.05, 3.63) is 28.4 Å². The number of thioether (sulfide) groups is 1. The van der Waals surface area contributed by atoms with Crippen molar-refractivity contribution in [1.82, 2.24) is 15.2 Å². The van der Waals surface area contributed by atoms with Gasteiger partial charge in [-0.2, -0.15) is 0 Å². The van der Waals surface area contributed by atoms with E-state index in [2.05, 4.69) is 10.3 Å². The molecular weight excluding hydrogens is 328 g/mol. The van der Waals surface area contributed by atoms with E-state index in [0.29, 0.717) is 5.01 Å². The summed E-state index contributed by atoms with van der Waals surface area (Å²) in [6.45, 7) is 0. The summed E-state index contributed by atoms with van der Waals surface area (Å²) < 4.78 is 0. The molecule has 1 unspecified atom stereocenters. The van der Waals surface area contributed by atoms with Gasteiger partial charge in [0.15, 0.2) is 4.99 Å². The molecule has 1 aromatic heterocycles. The number of nitrogens with one attached hydrogen (secondary N) is 1. The van der Waals surface area contributed by atoms with Crippen LogP contribution in [0.4, 0.5) is 0 Å². The monoisotopic (exact) mass is 340 g/mol. The summed E-state index contributed by atoms with van der Waals surface area (Å²) in [4.78, 5) is 38.6. The van der Waals surface area contributed by atoms with Crippen LogP contribution in [0, 0.1) is 0 Å². The van der Waals surface area contributed by atoms with Crippen LogP contribution in [0.3, 0.4) is 0 Å². The van der Waals surface area contributed by atoms with E-state index in [-0.39, 0.29) is 35.7 Å². The molecule has 0 saturated carbocycles. The number of carboxylic acids is 1. The Morgan fingerprint density at radius 2 is 2.36 bits per heavy atom. The van der Waals surface area contributed by atoms with Crippen LogP contribution in [0.15, 0.2) is 23.3 Å². The molecule has 116 valence electrons. The molecule has 1 aromatic rings. The van der Waals surface area contributed by atoms with E-state index < -0.39 is 11.0 Å². The molecule has 22 heavy (non-hydrogen) atoms. The van der Waals surface area contributed by atoms with Crippen LogP contribution in [0.1, 0.15) is 11.4 Å². The lowest BCUT2D eigenvalue weighted by atomic mass is 10.1. The number of aliphatic carboxylic acids is 1. The fourth-order valence-electron chi connectivity index (χ4n) is 2.27. The predicted molar refractivity (Wildman–Crippen MR) is 79.4 cm³/mol. The van der Waals surface area contributed by atoms with Gasteiger partial charge in [0.2, 0.25) is 11.8 Å². The highest BCUT2D eigenvalue weighted by atomic mass is 32.2. The van der Waals surface area contributed by atoms with Crippen molar-refractivity contribution in [2.45, 2.75) is 23.2 Å². The van der Waals surface area contributed by atoms with Crippen molar-refractivity contribution in [1.29, 1.82) is 0 Å². The molecule has 1 saturated heterocycles. The first-order valence-electron chi connectivity index (χ1n) is 6.32. The number of rotatable bonds is 4. The van der Waals surface area contributed by atoms with E-state index in [1.54, 1.807) is 11.6 Å². The zero-order valence-electron chi connectivity index (χ0n) is 11.2. The highest BCUT2D eigenvalue weighted by Gasteiger charge is 2.49. The quantitative estimate of drug-likeness (QED) is 0.507. The Morgan fingerprint density at radius 1 is 1.59 bits per heavy atom.